The van der Waals surface area contributed by atoms with Crippen LogP contribution in [0.25, 0.3) is 5.70 Å². The van der Waals surface area contributed by atoms with Crippen LogP contribution >= 0.6 is 0 Å². The molecule has 1 N–H and O–H groups in total. The van der Waals surface area contributed by atoms with Crippen LogP contribution in [0.3, 0.4) is 0 Å². The molecule has 1 aromatic rings. The van der Waals surface area contributed by atoms with Gasteiger partial charge in [-0.15, -0.1) is 0 Å². The Morgan fingerprint density at radius 2 is 2.04 bits per heavy atom. The van der Waals surface area contributed by atoms with E-state index < -0.39 is 0 Å². The molecule has 2 rings (SSSR count). The Kier molecular flexibility index (Phi) is 8.14. The molecule has 1 heterocycles. The van der Waals surface area contributed by atoms with Crippen LogP contribution in [0.15, 0.2) is 52.6 Å². The molecule has 1 aliphatic heterocycles. The topological polar surface area (TPSA) is 49.2 Å². The van der Waals surface area contributed by atoms with Crippen LogP contribution in [0.1, 0.15) is 25.0 Å². The van der Waals surface area contributed by atoms with Crippen molar-refractivity contribution < 1.29 is 9.13 Å². The molecule has 0 unspecified atom stereocenters. The van der Waals surface area contributed by atoms with E-state index in [1.54, 1.807) is 12.3 Å². The second-order valence-corrected chi connectivity index (χ2v) is 6.55. The number of nitrogens with one attached hydrogen (secondary N) is 1. The van der Waals surface area contributed by atoms with Gasteiger partial charge >= 0.3 is 0 Å². The van der Waals surface area contributed by atoms with Crippen molar-refractivity contribution in [2.24, 2.45) is 9.98 Å². The summed E-state index contributed by atoms with van der Waals surface area (Å²) in [5.74, 6) is -0.291. The summed E-state index contributed by atoms with van der Waals surface area (Å²) in [6.45, 7) is 18.4. The Morgan fingerprint density at radius 1 is 1.32 bits per heavy atom. The van der Waals surface area contributed by atoms with Gasteiger partial charge in [0, 0.05) is 36.3 Å². The summed E-state index contributed by atoms with van der Waals surface area (Å²) in [5.41, 5.74) is 4.51. The van der Waals surface area contributed by atoms with E-state index in [9.17, 15) is 4.39 Å². The van der Waals surface area contributed by atoms with E-state index in [2.05, 4.69) is 40.1 Å². The van der Waals surface area contributed by atoms with Gasteiger partial charge in [-0.1, -0.05) is 20.1 Å². The third-order valence-corrected chi connectivity index (χ3v) is 4.58. The van der Waals surface area contributed by atoms with Gasteiger partial charge in [0.2, 0.25) is 0 Å². The summed E-state index contributed by atoms with van der Waals surface area (Å²) in [4.78, 5) is 10.2. The van der Waals surface area contributed by atoms with Crippen molar-refractivity contribution in [3.63, 3.8) is 0 Å². The highest BCUT2D eigenvalue weighted by Crippen LogP contribution is 2.28. The van der Waals surface area contributed by atoms with Crippen LogP contribution in [-0.4, -0.2) is 50.8 Å². The monoisotopic (exact) mass is 384 g/mol. The molecule has 0 bridgehead atoms. The predicted molar refractivity (Wildman–Crippen MR) is 117 cm³/mol. The Labute approximate surface area is 167 Å². The van der Waals surface area contributed by atoms with Crippen molar-refractivity contribution >= 4 is 24.3 Å². The van der Waals surface area contributed by atoms with Crippen molar-refractivity contribution in [2.45, 2.75) is 20.3 Å². The molecule has 150 valence electrons. The number of anilines is 1. The van der Waals surface area contributed by atoms with E-state index in [1.165, 1.54) is 6.07 Å². The summed E-state index contributed by atoms with van der Waals surface area (Å²) in [6, 6.07) is 3.40. The number of hydrogen-bond acceptors (Lipinski definition) is 5. The normalized spacial score (nSPS) is 15.0. The number of nitrogens with zero attached hydrogens (tertiary/aromatic N) is 3. The highest BCUT2D eigenvalue weighted by atomic mass is 19.1. The fraction of sp³-hybridized carbons (Fsp3) is 0.364. The van der Waals surface area contributed by atoms with Crippen molar-refractivity contribution in [3.8, 4) is 0 Å². The smallest absolute Gasteiger partial charge is 0.134 e. The molecule has 1 saturated heterocycles. The van der Waals surface area contributed by atoms with Gasteiger partial charge in [-0.25, -0.2) is 4.39 Å². The molecule has 1 aromatic carbocycles. The Balaban J connectivity index is 2.09. The minimum Gasteiger partial charge on any atom is -0.378 e. The summed E-state index contributed by atoms with van der Waals surface area (Å²) in [7, 11) is 0. The van der Waals surface area contributed by atoms with Gasteiger partial charge in [-0.3, -0.25) is 9.98 Å². The highest BCUT2D eigenvalue weighted by Gasteiger charge is 2.18. The third-order valence-electron chi connectivity index (χ3n) is 4.58. The Hall–Kier alpha value is -2.73. The first-order chi connectivity index (χ1) is 13.5. The maximum atomic E-state index is 14.8. The van der Waals surface area contributed by atoms with Crippen LogP contribution in [-0.2, 0) is 11.2 Å². The fourth-order valence-electron chi connectivity index (χ4n) is 2.94. The molecule has 0 aromatic heterocycles. The average molecular weight is 384 g/mol. The molecule has 6 heteroatoms. The van der Waals surface area contributed by atoms with Crippen molar-refractivity contribution in [1.29, 1.82) is 0 Å². The molecule has 5 nitrogen and oxygen atoms in total. The van der Waals surface area contributed by atoms with Gasteiger partial charge < -0.3 is 15.0 Å². The SMILES string of the molecule is C=N/C(=C\C=NCNc1cc(F)c(C(=C)N2CCOCC2)cc1CC)C(=C)C. The zero-order valence-corrected chi connectivity index (χ0v) is 16.8. The van der Waals surface area contributed by atoms with E-state index in [1.807, 2.05) is 19.9 Å². The molecule has 28 heavy (non-hydrogen) atoms. The maximum Gasteiger partial charge on any atom is 0.134 e. The highest BCUT2D eigenvalue weighted by molar-refractivity contribution is 5.74. The lowest BCUT2D eigenvalue weighted by atomic mass is 10.0. The van der Waals surface area contributed by atoms with Crippen molar-refractivity contribution in [3.05, 3.63) is 59.6 Å². The second kappa shape index (κ2) is 10.6. The molecule has 0 amide bonds. The largest absolute Gasteiger partial charge is 0.378 e. The molecule has 0 aliphatic carbocycles. The number of aryl methyl sites for hydroxylation is 1. The first-order valence-corrected chi connectivity index (χ1v) is 9.38. The quantitative estimate of drug-likeness (QED) is 0.510. The lowest BCUT2D eigenvalue weighted by Crippen LogP contribution is -2.34. The number of allylic oxidation sites excluding steroid dienone is 2. The minimum atomic E-state index is -0.291. The number of morpholine rings is 1. The van der Waals surface area contributed by atoms with Gasteiger partial charge in [-0.2, -0.15) is 0 Å². The van der Waals surface area contributed by atoms with Gasteiger partial charge in [0.25, 0.3) is 0 Å². The summed E-state index contributed by atoms with van der Waals surface area (Å²) in [6.07, 6.45) is 4.16. The first-order valence-electron chi connectivity index (χ1n) is 9.38. The lowest BCUT2D eigenvalue weighted by molar-refractivity contribution is 0.0639. The van der Waals surface area contributed by atoms with Gasteiger partial charge in [0.1, 0.15) is 12.5 Å². The van der Waals surface area contributed by atoms with Crippen molar-refractivity contribution in [2.75, 3.05) is 38.3 Å². The van der Waals surface area contributed by atoms with Gasteiger partial charge in [0.15, 0.2) is 0 Å². The third kappa shape index (κ3) is 5.63. The Bertz CT molecular complexity index is 792. The molecular formula is C22H29FN4O. The van der Waals surface area contributed by atoms with E-state index >= 15 is 0 Å². The van der Waals surface area contributed by atoms with Crippen LogP contribution < -0.4 is 5.32 Å². The number of hydrogen-bond donors (Lipinski definition) is 1. The number of rotatable bonds is 9. The number of aliphatic imine (C=N–C) groups is 2. The molecule has 1 aliphatic rings. The fourth-order valence-corrected chi connectivity index (χ4v) is 2.94. The van der Waals surface area contributed by atoms with Gasteiger partial charge in [0.05, 0.1) is 18.9 Å². The maximum absolute atomic E-state index is 14.8. The zero-order chi connectivity index (χ0) is 20.5. The van der Waals surface area contributed by atoms with Crippen LogP contribution in [0.4, 0.5) is 10.1 Å². The molecule has 0 saturated carbocycles. The van der Waals surface area contributed by atoms with Gasteiger partial charge in [-0.05, 0) is 49.4 Å². The summed E-state index contributed by atoms with van der Waals surface area (Å²) < 4.78 is 20.1. The van der Waals surface area contributed by atoms with Crippen LogP contribution in [0.5, 0.6) is 0 Å². The van der Waals surface area contributed by atoms with Crippen LogP contribution in [0, 0.1) is 5.82 Å². The minimum absolute atomic E-state index is 0.291. The zero-order valence-electron chi connectivity index (χ0n) is 16.8. The van der Waals surface area contributed by atoms with Crippen molar-refractivity contribution in [1.82, 2.24) is 4.90 Å². The number of benzene rings is 1. The standard InChI is InChI=1S/C22H29FN4O/c1-6-18-13-19(17(4)27-9-11-28-12-10-27)20(23)14-22(18)26-15-25-8-7-21(24-5)16(2)3/h7-8,13-14,26H,2,4-6,9-12,15H2,1,3H3/b21-7-,25-8?. The molecule has 0 radical (unpaired) electrons. The summed E-state index contributed by atoms with van der Waals surface area (Å²) >= 11 is 0. The Morgan fingerprint density at radius 3 is 2.64 bits per heavy atom. The summed E-state index contributed by atoms with van der Waals surface area (Å²) in [5, 5.41) is 3.17. The van der Waals surface area contributed by atoms with E-state index in [0.717, 1.165) is 36.3 Å². The first kappa shape index (κ1) is 21.6. The number of ether oxygens (including phenoxy) is 1. The lowest BCUT2D eigenvalue weighted by Gasteiger charge is -2.31. The van der Waals surface area contributed by atoms with Crippen LogP contribution in [0.2, 0.25) is 0 Å². The molecule has 0 spiro atoms. The molecule has 1 fully saturated rings. The second-order valence-electron chi connectivity index (χ2n) is 6.55. The molecular weight excluding hydrogens is 355 g/mol. The predicted octanol–water partition coefficient (Wildman–Crippen LogP) is 4.29. The number of halogens is 1. The van der Waals surface area contributed by atoms with E-state index in [-0.39, 0.29) is 5.82 Å². The molecule has 0 atom stereocenters. The average Bonchev–Trinajstić information content (AvgIpc) is 2.70. The van der Waals surface area contributed by atoms with E-state index in [0.29, 0.717) is 36.8 Å². The van der Waals surface area contributed by atoms with E-state index in [4.69, 9.17) is 4.74 Å².